The largest absolute Gasteiger partial charge is 0.314 e. The van der Waals surface area contributed by atoms with Crippen molar-refractivity contribution in [3.8, 4) is 0 Å². The highest BCUT2D eigenvalue weighted by Crippen LogP contribution is 2.25. The molecule has 0 radical (unpaired) electrons. The molecule has 21 heavy (non-hydrogen) atoms. The van der Waals surface area contributed by atoms with Crippen LogP contribution in [0.1, 0.15) is 6.42 Å². The first-order chi connectivity index (χ1) is 9.99. The molecule has 1 heterocycles. The van der Waals surface area contributed by atoms with Gasteiger partial charge in [-0.1, -0.05) is 11.6 Å². The van der Waals surface area contributed by atoms with Gasteiger partial charge in [0.1, 0.15) is 0 Å². The van der Waals surface area contributed by atoms with Gasteiger partial charge in [0, 0.05) is 37.2 Å². The second kappa shape index (κ2) is 7.89. The second-order valence-electron chi connectivity index (χ2n) is 4.92. The molecule has 0 aliphatic carbocycles. The number of nitrogens with zero attached hydrogens (tertiary/aromatic N) is 1. The number of nitrogens with one attached hydrogen (secondary N) is 2. The first kappa shape index (κ1) is 17.2. The summed E-state index contributed by atoms with van der Waals surface area (Å²) >= 11 is 9.18. The average Bonchev–Trinajstić information content (AvgIpc) is 2.47. The van der Waals surface area contributed by atoms with Crippen molar-refractivity contribution >= 4 is 37.6 Å². The molecule has 1 aliphatic heterocycles. The summed E-state index contributed by atoms with van der Waals surface area (Å²) in [5.41, 5.74) is 0. The van der Waals surface area contributed by atoms with Crippen molar-refractivity contribution in [1.82, 2.24) is 14.9 Å². The van der Waals surface area contributed by atoms with E-state index in [4.69, 9.17) is 11.6 Å². The molecule has 0 atom stereocenters. The minimum atomic E-state index is -3.49. The first-order valence-electron chi connectivity index (χ1n) is 6.87. The van der Waals surface area contributed by atoms with Crippen LogP contribution in [0.4, 0.5) is 0 Å². The molecule has 1 aliphatic rings. The van der Waals surface area contributed by atoms with E-state index in [1.165, 1.54) is 12.1 Å². The lowest BCUT2D eigenvalue weighted by Gasteiger charge is -2.27. The van der Waals surface area contributed by atoms with Crippen LogP contribution in [-0.4, -0.2) is 52.6 Å². The fourth-order valence-electron chi connectivity index (χ4n) is 2.17. The van der Waals surface area contributed by atoms with E-state index < -0.39 is 10.0 Å². The minimum Gasteiger partial charge on any atom is -0.314 e. The van der Waals surface area contributed by atoms with Crippen molar-refractivity contribution in [2.75, 3.05) is 39.3 Å². The van der Waals surface area contributed by atoms with Crippen molar-refractivity contribution < 1.29 is 8.42 Å². The predicted molar refractivity (Wildman–Crippen MR) is 88.3 cm³/mol. The Labute approximate surface area is 139 Å². The zero-order valence-electron chi connectivity index (χ0n) is 11.6. The Morgan fingerprint density at radius 1 is 1.33 bits per heavy atom. The van der Waals surface area contributed by atoms with Crippen LogP contribution in [0.15, 0.2) is 27.6 Å². The van der Waals surface area contributed by atoms with E-state index in [0.29, 0.717) is 16.0 Å². The SMILES string of the molecule is O=S(=O)(NCCCN1CCNCC1)c1ccc(Br)c(Cl)c1. The molecule has 0 unspecified atom stereocenters. The van der Waals surface area contributed by atoms with Gasteiger partial charge >= 0.3 is 0 Å². The summed E-state index contributed by atoms with van der Waals surface area (Å²) < 4.78 is 27.6. The third kappa shape index (κ3) is 5.19. The molecule has 0 amide bonds. The van der Waals surface area contributed by atoms with E-state index in [2.05, 4.69) is 30.9 Å². The highest BCUT2D eigenvalue weighted by atomic mass is 79.9. The molecule has 0 aromatic heterocycles. The standard InChI is InChI=1S/C13H19BrClN3O2S/c14-12-3-2-11(10-13(12)15)21(19,20)17-4-1-7-18-8-5-16-6-9-18/h2-3,10,16-17H,1,4-9H2. The van der Waals surface area contributed by atoms with Crippen LogP contribution in [0.25, 0.3) is 0 Å². The molecule has 1 saturated heterocycles. The van der Waals surface area contributed by atoms with Gasteiger partial charge in [-0.05, 0) is 47.1 Å². The molecular weight excluding hydrogens is 378 g/mol. The Morgan fingerprint density at radius 2 is 2.05 bits per heavy atom. The molecule has 0 saturated carbocycles. The maximum absolute atomic E-state index is 12.1. The minimum absolute atomic E-state index is 0.192. The highest BCUT2D eigenvalue weighted by Gasteiger charge is 2.15. The van der Waals surface area contributed by atoms with Crippen LogP contribution in [0.2, 0.25) is 5.02 Å². The lowest BCUT2D eigenvalue weighted by atomic mass is 10.3. The summed E-state index contributed by atoms with van der Waals surface area (Å²) in [4.78, 5) is 2.53. The van der Waals surface area contributed by atoms with E-state index in [1.807, 2.05) is 0 Å². The summed E-state index contributed by atoms with van der Waals surface area (Å²) in [7, 11) is -3.49. The Hall–Kier alpha value is -0.180. The lowest BCUT2D eigenvalue weighted by molar-refractivity contribution is 0.239. The normalized spacial score (nSPS) is 17.0. The Morgan fingerprint density at radius 3 is 2.71 bits per heavy atom. The maximum Gasteiger partial charge on any atom is 0.240 e. The summed E-state index contributed by atoms with van der Waals surface area (Å²) in [5, 5.41) is 3.68. The zero-order valence-corrected chi connectivity index (χ0v) is 14.8. The van der Waals surface area contributed by atoms with Crippen LogP contribution >= 0.6 is 27.5 Å². The van der Waals surface area contributed by atoms with Crippen LogP contribution in [0.5, 0.6) is 0 Å². The quantitative estimate of drug-likeness (QED) is 0.718. The van der Waals surface area contributed by atoms with Crippen LogP contribution in [-0.2, 0) is 10.0 Å². The van der Waals surface area contributed by atoms with Crippen LogP contribution in [0.3, 0.4) is 0 Å². The first-order valence-corrected chi connectivity index (χ1v) is 9.52. The van der Waals surface area contributed by atoms with Gasteiger partial charge in [0.25, 0.3) is 0 Å². The van der Waals surface area contributed by atoms with Crippen molar-refractivity contribution in [3.63, 3.8) is 0 Å². The summed E-state index contributed by atoms with van der Waals surface area (Å²) in [6, 6.07) is 4.62. The van der Waals surface area contributed by atoms with Gasteiger partial charge in [-0.3, -0.25) is 0 Å². The number of sulfonamides is 1. The molecule has 1 aromatic carbocycles. The van der Waals surface area contributed by atoms with Gasteiger partial charge in [-0.15, -0.1) is 0 Å². The third-order valence-electron chi connectivity index (χ3n) is 3.35. The Kier molecular flexibility index (Phi) is 6.46. The summed E-state index contributed by atoms with van der Waals surface area (Å²) in [6.07, 6.45) is 0.795. The summed E-state index contributed by atoms with van der Waals surface area (Å²) in [5.74, 6) is 0. The lowest BCUT2D eigenvalue weighted by Crippen LogP contribution is -2.44. The molecule has 8 heteroatoms. The molecule has 118 valence electrons. The molecule has 2 N–H and O–H groups in total. The van der Waals surface area contributed by atoms with Gasteiger partial charge in [0.05, 0.1) is 9.92 Å². The van der Waals surface area contributed by atoms with Crippen molar-refractivity contribution in [2.24, 2.45) is 0 Å². The fraction of sp³-hybridized carbons (Fsp3) is 0.538. The number of benzene rings is 1. The zero-order chi connectivity index (χ0) is 15.3. The molecule has 5 nitrogen and oxygen atoms in total. The van der Waals surface area contributed by atoms with E-state index in [-0.39, 0.29) is 4.90 Å². The molecule has 0 bridgehead atoms. The third-order valence-corrected chi connectivity index (χ3v) is 6.05. The number of rotatable bonds is 6. The van der Waals surface area contributed by atoms with Gasteiger partial charge < -0.3 is 10.2 Å². The second-order valence-corrected chi connectivity index (χ2v) is 7.95. The summed E-state index contributed by atoms with van der Waals surface area (Å²) in [6.45, 7) is 5.39. The number of hydrogen-bond acceptors (Lipinski definition) is 4. The van der Waals surface area contributed by atoms with Gasteiger partial charge in [0.15, 0.2) is 0 Å². The fourth-order valence-corrected chi connectivity index (χ4v) is 3.76. The van der Waals surface area contributed by atoms with E-state index >= 15 is 0 Å². The van der Waals surface area contributed by atoms with Gasteiger partial charge in [0.2, 0.25) is 10.0 Å². The van der Waals surface area contributed by atoms with Crippen LogP contribution < -0.4 is 10.0 Å². The maximum atomic E-state index is 12.1. The van der Waals surface area contributed by atoms with Gasteiger partial charge in [-0.2, -0.15) is 0 Å². The number of piperazine rings is 1. The monoisotopic (exact) mass is 395 g/mol. The Balaban J connectivity index is 1.82. The van der Waals surface area contributed by atoms with Gasteiger partial charge in [-0.25, -0.2) is 13.1 Å². The topological polar surface area (TPSA) is 61.4 Å². The van der Waals surface area contributed by atoms with E-state index in [1.54, 1.807) is 6.07 Å². The molecule has 0 spiro atoms. The molecule has 2 rings (SSSR count). The number of hydrogen-bond donors (Lipinski definition) is 2. The van der Waals surface area contributed by atoms with Crippen LogP contribution in [0, 0.1) is 0 Å². The highest BCUT2D eigenvalue weighted by molar-refractivity contribution is 9.10. The number of halogens is 2. The predicted octanol–water partition coefficient (Wildman–Crippen LogP) is 1.68. The van der Waals surface area contributed by atoms with Crippen molar-refractivity contribution in [2.45, 2.75) is 11.3 Å². The van der Waals surface area contributed by atoms with E-state index in [0.717, 1.165) is 39.1 Å². The molecular formula is C13H19BrClN3O2S. The smallest absolute Gasteiger partial charge is 0.240 e. The molecule has 1 aromatic rings. The van der Waals surface area contributed by atoms with E-state index in [9.17, 15) is 8.42 Å². The Bertz CT molecular complexity index is 577. The van der Waals surface area contributed by atoms with Crippen molar-refractivity contribution in [1.29, 1.82) is 0 Å². The molecule has 1 fully saturated rings. The van der Waals surface area contributed by atoms with Crippen molar-refractivity contribution in [3.05, 3.63) is 27.7 Å². The average molecular weight is 397 g/mol.